The maximum Gasteiger partial charge on any atom is 0.212 e. The number of nitrogens with zero attached hydrogens (tertiary/aromatic N) is 1. The molecule has 0 radical (unpaired) electrons. The van der Waals surface area contributed by atoms with Crippen molar-refractivity contribution in [2.75, 3.05) is 0 Å². The molecule has 0 amide bonds. The van der Waals surface area contributed by atoms with Crippen LogP contribution in [0.25, 0.3) is 0 Å². The highest BCUT2D eigenvalue weighted by Gasteiger charge is 1.84. The van der Waals surface area contributed by atoms with Gasteiger partial charge in [0, 0.05) is 6.20 Å². The quantitative estimate of drug-likeness (QED) is 0.603. The summed E-state index contributed by atoms with van der Waals surface area (Å²) in [5, 5.41) is 0. The summed E-state index contributed by atoms with van der Waals surface area (Å²) >= 11 is 0. The molecule has 2 aromatic rings. The molecule has 0 aliphatic heterocycles. The third-order valence-corrected chi connectivity index (χ3v) is 1.61. The van der Waals surface area contributed by atoms with Crippen LogP contribution in [-0.2, 0) is 0 Å². The smallest absolute Gasteiger partial charge is 0.212 e. The van der Waals surface area contributed by atoms with Crippen LogP contribution in [0.15, 0.2) is 48.7 Å². The first kappa shape index (κ1) is 11.3. The van der Waals surface area contributed by atoms with Crippen molar-refractivity contribution in [2.45, 2.75) is 6.92 Å². The van der Waals surface area contributed by atoms with Gasteiger partial charge >= 0.3 is 0 Å². The molecule has 15 heavy (non-hydrogen) atoms. The van der Waals surface area contributed by atoms with E-state index < -0.39 is 5.95 Å². The van der Waals surface area contributed by atoms with Crippen LogP contribution in [0, 0.1) is 18.7 Å². The third kappa shape index (κ3) is 4.86. The highest BCUT2D eigenvalue weighted by atomic mass is 19.1. The van der Waals surface area contributed by atoms with Gasteiger partial charge in [-0.15, -0.1) is 0 Å². The van der Waals surface area contributed by atoms with E-state index in [1.807, 2.05) is 13.0 Å². The summed E-state index contributed by atoms with van der Waals surface area (Å²) in [6, 6.07) is 11.1. The molecule has 1 heterocycles. The summed E-state index contributed by atoms with van der Waals surface area (Å²) in [5.74, 6) is -0.590. The largest absolute Gasteiger partial charge is 0.228 e. The maximum absolute atomic E-state index is 12.2. The fourth-order valence-corrected chi connectivity index (χ4v) is 0.947. The van der Waals surface area contributed by atoms with Crippen LogP contribution in [0.4, 0.5) is 8.78 Å². The van der Waals surface area contributed by atoms with E-state index in [2.05, 4.69) is 4.98 Å². The van der Waals surface area contributed by atoms with E-state index in [9.17, 15) is 8.78 Å². The van der Waals surface area contributed by atoms with E-state index in [0.29, 0.717) is 0 Å². The number of aryl methyl sites for hydroxylation is 1. The topological polar surface area (TPSA) is 12.9 Å². The van der Waals surface area contributed by atoms with Crippen molar-refractivity contribution in [3.05, 3.63) is 66.0 Å². The Morgan fingerprint density at radius 2 is 1.80 bits per heavy atom. The third-order valence-electron chi connectivity index (χ3n) is 1.61. The molecular weight excluding hydrogens is 196 g/mol. The second-order valence-corrected chi connectivity index (χ2v) is 2.95. The van der Waals surface area contributed by atoms with Crippen LogP contribution in [0.3, 0.4) is 0 Å². The zero-order valence-electron chi connectivity index (χ0n) is 8.32. The van der Waals surface area contributed by atoms with E-state index in [4.69, 9.17) is 0 Å². The van der Waals surface area contributed by atoms with Gasteiger partial charge in [0.05, 0.1) is 0 Å². The van der Waals surface area contributed by atoms with Gasteiger partial charge in [-0.05, 0) is 36.8 Å². The van der Waals surface area contributed by atoms with Crippen molar-refractivity contribution in [1.82, 2.24) is 4.98 Å². The Hall–Kier alpha value is -1.77. The van der Waals surface area contributed by atoms with Gasteiger partial charge in [0.1, 0.15) is 5.82 Å². The van der Waals surface area contributed by atoms with Crippen LogP contribution in [0.5, 0.6) is 0 Å². The van der Waals surface area contributed by atoms with Crippen molar-refractivity contribution in [2.24, 2.45) is 0 Å². The van der Waals surface area contributed by atoms with Crippen molar-refractivity contribution < 1.29 is 8.78 Å². The predicted octanol–water partition coefficient (Wildman–Crippen LogP) is 3.35. The maximum atomic E-state index is 12.2. The Morgan fingerprint density at radius 1 is 1.00 bits per heavy atom. The highest BCUT2D eigenvalue weighted by molar-refractivity contribution is 5.13. The Kier molecular flexibility index (Phi) is 4.41. The molecule has 0 saturated heterocycles. The lowest BCUT2D eigenvalue weighted by Crippen LogP contribution is -1.73. The summed E-state index contributed by atoms with van der Waals surface area (Å²) in [4.78, 5) is 3.31. The molecule has 0 atom stereocenters. The van der Waals surface area contributed by atoms with Gasteiger partial charge in [0.25, 0.3) is 0 Å². The van der Waals surface area contributed by atoms with Gasteiger partial charge in [-0.2, -0.15) is 4.39 Å². The number of pyridine rings is 1. The number of halogens is 2. The molecule has 1 aromatic heterocycles. The second kappa shape index (κ2) is 5.86. The van der Waals surface area contributed by atoms with E-state index in [1.54, 1.807) is 18.2 Å². The summed E-state index contributed by atoms with van der Waals surface area (Å²) in [7, 11) is 0. The minimum Gasteiger partial charge on any atom is -0.228 e. The summed E-state index contributed by atoms with van der Waals surface area (Å²) in [5.41, 5.74) is 0.963. The zero-order chi connectivity index (χ0) is 11.1. The summed E-state index contributed by atoms with van der Waals surface area (Å²) in [6.07, 6.45) is 1.41. The molecular formula is C12H11F2N. The first-order chi connectivity index (χ1) is 7.18. The molecule has 1 nitrogen and oxygen atoms in total. The van der Waals surface area contributed by atoms with E-state index >= 15 is 0 Å². The standard InChI is InChI=1S/C7H7F.C5H4FN/c1-6-3-2-4-7(8)5-6;6-5-3-1-2-4-7-5/h2-5H,1H3;1-4H. The molecule has 3 heteroatoms. The molecule has 0 N–H and O–H groups in total. The van der Waals surface area contributed by atoms with Crippen LogP contribution in [0.1, 0.15) is 5.56 Å². The van der Waals surface area contributed by atoms with E-state index in [1.165, 1.54) is 24.4 Å². The Bertz CT molecular complexity index is 384. The first-order valence-corrected chi connectivity index (χ1v) is 4.47. The molecule has 0 aliphatic rings. The molecule has 0 bridgehead atoms. The summed E-state index contributed by atoms with van der Waals surface area (Å²) < 4.78 is 24.0. The van der Waals surface area contributed by atoms with Gasteiger partial charge in [0.15, 0.2) is 0 Å². The molecule has 1 aromatic carbocycles. The van der Waals surface area contributed by atoms with Crippen molar-refractivity contribution in [3.63, 3.8) is 0 Å². The minimum absolute atomic E-state index is 0.162. The van der Waals surface area contributed by atoms with Gasteiger partial charge in [-0.3, -0.25) is 0 Å². The normalized spacial score (nSPS) is 9.00. The van der Waals surface area contributed by atoms with Gasteiger partial charge < -0.3 is 0 Å². The second-order valence-electron chi connectivity index (χ2n) is 2.95. The number of hydrogen-bond acceptors (Lipinski definition) is 1. The molecule has 2 rings (SSSR count). The number of hydrogen-bond donors (Lipinski definition) is 0. The highest BCUT2D eigenvalue weighted by Crippen LogP contribution is 1.99. The fraction of sp³-hybridized carbons (Fsp3) is 0.0833. The lowest BCUT2D eigenvalue weighted by molar-refractivity contribution is 0.584. The van der Waals surface area contributed by atoms with Crippen molar-refractivity contribution in [3.8, 4) is 0 Å². The monoisotopic (exact) mass is 207 g/mol. The van der Waals surface area contributed by atoms with Crippen LogP contribution in [-0.4, -0.2) is 4.98 Å². The van der Waals surface area contributed by atoms with Gasteiger partial charge in [-0.1, -0.05) is 18.2 Å². The molecule has 0 spiro atoms. The van der Waals surface area contributed by atoms with Crippen LogP contribution in [0.2, 0.25) is 0 Å². The average molecular weight is 207 g/mol. The molecule has 0 saturated carbocycles. The van der Waals surface area contributed by atoms with Gasteiger partial charge in [0.2, 0.25) is 5.95 Å². The van der Waals surface area contributed by atoms with E-state index in [-0.39, 0.29) is 5.82 Å². The lowest BCUT2D eigenvalue weighted by Gasteiger charge is -1.87. The SMILES string of the molecule is Cc1cccc(F)c1.Fc1ccccn1. The summed E-state index contributed by atoms with van der Waals surface area (Å²) in [6.45, 7) is 1.86. The van der Waals surface area contributed by atoms with Crippen LogP contribution >= 0.6 is 0 Å². The van der Waals surface area contributed by atoms with Crippen molar-refractivity contribution >= 4 is 0 Å². The lowest BCUT2D eigenvalue weighted by atomic mass is 10.2. The molecule has 0 aliphatic carbocycles. The number of benzene rings is 1. The van der Waals surface area contributed by atoms with Crippen LogP contribution < -0.4 is 0 Å². The molecule has 78 valence electrons. The molecule has 0 unspecified atom stereocenters. The Labute approximate surface area is 87.4 Å². The Balaban J connectivity index is 0.000000151. The number of rotatable bonds is 0. The fourth-order valence-electron chi connectivity index (χ4n) is 0.947. The first-order valence-electron chi connectivity index (χ1n) is 4.47. The molecule has 0 fully saturated rings. The van der Waals surface area contributed by atoms with E-state index in [0.717, 1.165) is 5.56 Å². The predicted molar refractivity (Wildman–Crippen MR) is 55.3 cm³/mol. The average Bonchev–Trinajstić information content (AvgIpc) is 2.19. The zero-order valence-corrected chi connectivity index (χ0v) is 8.32. The number of aromatic nitrogens is 1. The van der Waals surface area contributed by atoms with Crippen molar-refractivity contribution in [1.29, 1.82) is 0 Å². The minimum atomic E-state index is -0.428. The van der Waals surface area contributed by atoms with Gasteiger partial charge in [-0.25, -0.2) is 9.37 Å². The Morgan fingerprint density at radius 3 is 2.13 bits per heavy atom.